The lowest BCUT2D eigenvalue weighted by molar-refractivity contribution is -0.117. The number of carbonyl (C=O) groups excluding carboxylic acids is 1. The molecule has 4 aromatic heterocycles. The van der Waals surface area contributed by atoms with Gasteiger partial charge in [0, 0.05) is 36.5 Å². The number of nitrogens with one attached hydrogen (secondary N) is 2. The number of amides is 1. The zero-order valence-electron chi connectivity index (χ0n) is 18.1. The fraction of sp³-hybridized carbons (Fsp3) is 0.0769. The molecule has 0 saturated heterocycles. The second kappa shape index (κ2) is 9.21. The predicted molar refractivity (Wildman–Crippen MR) is 129 cm³/mol. The van der Waals surface area contributed by atoms with Crippen molar-refractivity contribution in [2.75, 3.05) is 5.32 Å². The molecule has 168 valence electrons. The highest BCUT2D eigenvalue weighted by Gasteiger charge is 2.21. The SMILES string of the molecule is N[C@@H](Cc1cccnc1)C(=O)Nc1ccnc2[nH]c(-c3ccc(F)cc3)c(-c3ccncc3)c12. The third-order valence-electron chi connectivity index (χ3n) is 5.57. The Labute approximate surface area is 194 Å². The molecule has 4 heterocycles. The van der Waals surface area contributed by atoms with Crippen molar-refractivity contribution >= 4 is 22.6 Å². The van der Waals surface area contributed by atoms with Crippen molar-refractivity contribution in [1.29, 1.82) is 0 Å². The predicted octanol–water partition coefficient (Wildman–Crippen LogP) is 4.33. The monoisotopic (exact) mass is 452 g/mol. The molecule has 8 heteroatoms. The van der Waals surface area contributed by atoms with Crippen molar-refractivity contribution in [1.82, 2.24) is 19.9 Å². The number of nitrogens with two attached hydrogens (primary N) is 1. The van der Waals surface area contributed by atoms with Crippen molar-refractivity contribution in [3.63, 3.8) is 0 Å². The summed E-state index contributed by atoms with van der Waals surface area (Å²) >= 11 is 0. The van der Waals surface area contributed by atoms with E-state index in [-0.39, 0.29) is 11.7 Å². The lowest BCUT2D eigenvalue weighted by Crippen LogP contribution is -2.37. The van der Waals surface area contributed by atoms with Crippen LogP contribution in [0.1, 0.15) is 5.56 Å². The molecule has 5 rings (SSSR count). The van der Waals surface area contributed by atoms with E-state index in [1.807, 2.05) is 24.3 Å². The number of nitrogens with zero attached hydrogens (tertiary/aromatic N) is 3. The molecule has 0 radical (unpaired) electrons. The van der Waals surface area contributed by atoms with Gasteiger partial charge in [0.1, 0.15) is 11.5 Å². The van der Waals surface area contributed by atoms with E-state index in [0.29, 0.717) is 17.8 Å². The second-order valence-electron chi connectivity index (χ2n) is 7.86. The van der Waals surface area contributed by atoms with Crippen molar-refractivity contribution in [3.8, 4) is 22.4 Å². The lowest BCUT2D eigenvalue weighted by Gasteiger charge is -2.14. The molecule has 1 amide bonds. The molecule has 0 bridgehead atoms. The third-order valence-corrected chi connectivity index (χ3v) is 5.57. The largest absolute Gasteiger partial charge is 0.339 e. The van der Waals surface area contributed by atoms with Crippen LogP contribution in [0.4, 0.5) is 10.1 Å². The van der Waals surface area contributed by atoms with Crippen LogP contribution in [0, 0.1) is 5.82 Å². The molecule has 0 aliphatic rings. The van der Waals surface area contributed by atoms with Crippen molar-refractivity contribution < 1.29 is 9.18 Å². The summed E-state index contributed by atoms with van der Waals surface area (Å²) < 4.78 is 13.6. The summed E-state index contributed by atoms with van der Waals surface area (Å²) in [5, 5.41) is 3.70. The van der Waals surface area contributed by atoms with Gasteiger partial charge in [-0.25, -0.2) is 9.37 Å². The Morgan fingerprint density at radius 1 is 0.971 bits per heavy atom. The minimum absolute atomic E-state index is 0.318. The molecule has 0 fully saturated rings. The maximum atomic E-state index is 13.6. The Morgan fingerprint density at radius 2 is 1.76 bits per heavy atom. The molecule has 0 spiro atoms. The number of fused-ring (bicyclic) bond motifs is 1. The molecule has 0 unspecified atom stereocenters. The number of aromatic nitrogens is 4. The van der Waals surface area contributed by atoms with E-state index >= 15 is 0 Å². The Morgan fingerprint density at radius 3 is 2.50 bits per heavy atom. The Balaban J connectivity index is 1.58. The minimum atomic E-state index is -0.757. The third kappa shape index (κ3) is 4.26. The summed E-state index contributed by atoms with van der Waals surface area (Å²) in [6.07, 6.45) is 8.74. The summed E-state index contributed by atoms with van der Waals surface area (Å²) in [6, 6.07) is 14.6. The van der Waals surface area contributed by atoms with Gasteiger partial charge in [-0.1, -0.05) is 6.07 Å². The second-order valence-corrected chi connectivity index (χ2v) is 7.86. The number of H-pyrrole nitrogens is 1. The number of benzene rings is 1. The molecule has 0 saturated carbocycles. The highest BCUT2D eigenvalue weighted by atomic mass is 19.1. The van der Waals surface area contributed by atoms with Crippen LogP contribution in [0.3, 0.4) is 0 Å². The van der Waals surface area contributed by atoms with Crippen LogP contribution >= 0.6 is 0 Å². The van der Waals surface area contributed by atoms with E-state index in [2.05, 4.69) is 25.3 Å². The topological polar surface area (TPSA) is 110 Å². The zero-order chi connectivity index (χ0) is 23.5. The van der Waals surface area contributed by atoms with Gasteiger partial charge in [-0.05, 0) is 71.6 Å². The molecule has 1 atom stereocenters. The van der Waals surface area contributed by atoms with Gasteiger partial charge in [0.05, 0.1) is 22.8 Å². The van der Waals surface area contributed by atoms with Crippen LogP contribution in [0.25, 0.3) is 33.4 Å². The van der Waals surface area contributed by atoms with E-state index in [0.717, 1.165) is 33.3 Å². The summed E-state index contributed by atoms with van der Waals surface area (Å²) in [5.74, 6) is -0.638. The van der Waals surface area contributed by atoms with Gasteiger partial charge in [-0.15, -0.1) is 0 Å². The number of aromatic amines is 1. The van der Waals surface area contributed by atoms with Gasteiger partial charge in [-0.3, -0.25) is 14.8 Å². The Hall–Kier alpha value is -4.43. The van der Waals surface area contributed by atoms with E-state index in [4.69, 9.17) is 5.73 Å². The van der Waals surface area contributed by atoms with Crippen LogP contribution in [-0.4, -0.2) is 31.9 Å². The number of pyridine rings is 3. The molecule has 7 nitrogen and oxygen atoms in total. The lowest BCUT2D eigenvalue weighted by atomic mass is 9.99. The minimum Gasteiger partial charge on any atom is -0.339 e. The first-order chi connectivity index (χ1) is 16.6. The summed E-state index contributed by atoms with van der Waals surface area (Å²) in [6.45, 7) is 0. The number of rotatable bonds is 6. The summed E-state index contributed by atoms with van der Waals surface area (Å²) in [7, 11) is 0. The first kappa shape index (κ1) is 21.4. The Kier molecular flexibility index (Phi) is 5.80. The van der Waals surface area contributed by atoms with Crippen molar-refractivity contribution in [2.24, 2.45) is 5.73 Å². The molecule has 0 aliphatic carbocycles. The van der Waals surface area contributed by atoms with Crippen LogP contribution in [0.15, 0.2) is 85.6 Å². The van der Waals surface area contributed by atoms with Gasteiger partial charge in [0.25, 0.3) is 0 Å². The fourth-order valence-corrected chi connectivity index (χ4v) is 3.95. The number of hydrogen-bond donors (Lipinski definition) is 3. The molecule has 1 aromatic carbocycles. The van der Waals surface area contributed by atoms with E-state index in [1.54, 1.807) is 49.2 Å². The highest BCUT2D eigenvalue weighted by Crippen LogP contribution is 2.40. The van der Waals surface area contributed by atoms with Gasteiger partial charge >= 0.3 is 0 Å². The summed E-state index contributed by atoms with van der Waals surface area (Å²) in [5.41, 5.74) is 11.5. The van der Waals surface area contributed by atoms with E-state index in [1.165, 1.54) is 12.1 Å². The molecular weight excluding hydrogens is 431 g/mol. The average Bonchev–Trinajstić information content (AvgIpc) is 3.26. The van der Waals surface area contributed by atoms with Crippen LogP contribution in [0.5, 0.6) is 0 Å². The van der Waals surface area contributed by atoms with E-state index in [9.17, 15) is 9.18 Å². The number of hydrogen-bond acceptors (Lipinski definition) is 5. The molecule has 4 N–H and O–H groups in total. The van der Waals surface area contributed by atoms with Gasteiger partial charge < -0.3 is 16.0 Å². The standard InChI is InChI=1S/C26H21FN6O/c27-19-5-3-18(4-6-19)24-22(17-7-11-29-12-8-17)23-21(9-13-31-25(23)33-24)32-26(34)20(28)14-16-2-1-10-30-15-16/h1-13,15,20H,14,28H2,(H2,31,32,33,34)/t20-/m0/s1. The van der Waals surface area contributed by atoms with Gasteiger partial charge in [0.15, 0.2) is 0 Å². The number of carbonyl (C=O) groups is 1. The maximum Gasteiger partial charge on any atom is 0.241 e. The van der Waals surface area contributed by atoms with Crippen molar-refractivity contribution in [3.05, 3.63) is 97.0 Å². The van der Waals surface area contributed by atoms with Crippen molar-refractivity contribution in [2.45, 2.75) is 12.5 Å². The first-order valence-electron chi connectivity index (χ1n) is 10.7. The number of anilines is 1. The quantitative estimate of drug-likeness (QED) is 0.355. The average molecular weight is 452 g/mol. The van der Waals surface area contributed by atoms with Gasteiger partial charge in [-0.2, -0.15) is 0 Å². The fourth-order valence-electron chi connectivity index (χ4n) is 3.95. The van der Waals surface area contributed by atoms with Crippen LogP contribution in [0.2, 0.25) is 0 Å². The van der Waals surface area contributed by atoms with Gasteiger partial charge in [0.2, 0.25) is 5.91 Å². The Bertz CT molecular complexity index is 1440. The van der Waals surface area contributed by atoms with Crippen LogP contribution < -0.4 is 11.1 Å². The smallest absolute Gasteiger partial charge is 0.241 e. The van der Waals surface area contributed by atoms with Crippen LogP contribution in [-0.2, 0) is 11.2 Å². The molecule has 5 aromatic rings. The molecule has 0 aliphatic heterocycles. The summed E-state index contributed by atoms with van der Waals surface area (Å²) in [4.78, 5) is 29.0. The normalized spacial score (nSPS) is 11.9. The molecule has 34 heavy (non-hydrogen) atoms. The molecular formula is C26H21FN6O. The number of halogens is 1. The maximum absolute atomic E-state index is 13.6. The first-order valence-corrected chi connectivity index (χ1v) is 10.7. The van der Waals surface area contributed by atoms with E-state index < -0.39 is 6.04 Å². The highest BCUT2D eigenvalue weighted by molar-refractivity contribution is 6.12. The zero-order valence-corrected chi connectivity index (χ0v) is 18.1.